The van der Waals surface area contributed by atoms with Crippen LogP contribution in [0.25, 0.3) is 0 Å². The number of rotatable bonds is 3. The zero-order chi connectivity index (χ0) is 12.1. The number of nitrogens with two attached hydrogens (primary N) is 1. The van der Waals surface area contributed by atoms with Gasteiger partial charge >= 0.3 is 0 Å². The molecule has 2 N–H and O–H groups in total. The molecule has 2 rings (SSSR count). The average Bonchev–Trinajstić information content (AvgIpc) is 2.67. The van der Waals surface area contributed by atoms with Crippen molar-refractivity contribution < 1.29 is 4.74 Å². The Kier molecular flexibility index (Phi) is 4.83. The molecule has 2 atom stereocenters. The van der Waals surface area contributed by atoms with E-state index in [1.807, 2.05) is 0 Å². The van der Waals surface area contributed by atoms with Gasteiger partial charge in [0.15, 0.2) is 0 Å². The zero-order valence-corrected chi connectivity index (χ0v) is 11.3. The van der Waals surface area contributed by atoms with Crippen molar-refractivity contribution in [2.75, 3.05) is 32.8 Å². The van der Waals surface area contributed by atoms with Gasteiger partial charge in [0.1, 0.15) is 0 Å². The molecule has 0 aromatic rings. The maximum absolute atomic E-state index is 6.20. The van der Waals surface area contributed by atoms with Crippen LogP contribution in [0.2, 0.25) is 0 Å². The lowest BCUT2D eigenvalue weighted by atomic mass is 9.70. The van der Waals surface area contributed by atoms with E-state index in [1.54, 1.807) is 0 Å². The Morgan fingerprint density at radius 3 is 2.88 bits per heavy atom. The second-order valence-electron chi connectivity index (χ2n) is 5.61. The summed E-state index contributed by atoms with van der Waals surface area (Å²) in [5, 5.41) is 0. The summed E-state index contributed by atoms with van der Waals surface area (Å²) in [5.74, 6) is 0.791. The molecule has 2 fully saturated rings. The van der Waals surface area contributed by atoms with E-state index in [-0.39, 0.29) is 5.54 Å². The Labute approximate surface area is 106 Å². The fraction of sp³-hybridized carbons (Fsp3) is 1.00. The van der Waals surface area contributed by atoms with Gasteiger partial charge in [0.05, 0.1) is 6.61 Å². The van der Waals surface area contributed by atoms with Gasteiger partial charge in [-0.05, 0) is 25.2 Å². The molecule has 0 amide bonds. The van der Waals surface area contributed by atoms with Gasteiger partial charge in [-0.1, -0.05) is 26.2 Å². The summed E-state index contributed by atoms with van der Waals surface area (Å²) >= 11 is 0. The predicted octanol–water partition coefficient (Wildman–Crippen LogP) is 2.01. The van der Waals surface area contributed by atoms with Crippen LogP contribution in [0.5, 0.6) is 0 Å². The Hall–Kier alpha value is -0.120. The number of hydrogen-bond acceptors (Lipinski definition) is 3. The first-order valence-corrected chi connectivity index (χ1v) is 7.36. The molecule has 0 aromatic carbocycles. The molecule has 0 bridgehead atoms. The molecule has 2 unspecified atom stereocenters. The molecule has 17 heavy (non-hydrogen) atoms. The van der Waals surface area contributed by atoms with Gasteiger partial charge in [-0.25, -0.2) is 0 Å². The molecule has 0 spiro atoms. The van der Waals surface area contributed by atoms with Crippen molar-refractivity contribution in [2.45, 2.75) is 51.0 Å². The van der Waals surface area contributed by atoms with Crippen LogP contribution >= 0.6 is 0 Å². The molecule has 3 heteroatoms. The normalized spacial score (nSPS) is 36.7. The van der Waals surface area contributed by atoms with E-state index < -0.39 is 0 Å². The van der Waals surface area contributed by atoms with Crippen LogP contribution in [0.4, 0.5) is 0 Å². The first-order chi connectivity index (χ1) is 8.33. The minimum absolute atomic E-state index is 0.278. The SMILES string of the molecule is CCC1CCCCC1(CN)N1CCCOCC1. The third-order valence-electron chi connectivity index (χ3n) is 4.87. The fourth-order valence-corrected chi connectivity index (χ4v) is 3.88. The lowest BCUT2D eigenvalue weighted by Crippen LogP contribution is -2.60. The number of ether oxygens (including phenoxy) is 1. The maximum Gasteiger partial charge on any atom is 0.0593 e. The minimum Gasteiger partial charge on any atom is -0.380 e. The van der Waals surface area contributed by atoms with E-state index in [1.165, 1.54) is 38.6 Å². The van der Waals surface area contributed by atoms with Crippen molar-refractivity contribution in [2.24, 2.45) is 11.7 Å². The van der Waals surface area contributed by atoms with Gasteiger partial charge in [-0.2, -0.15) is 0 Å². The maximum atomic E-state index is 6.20. The highest BCUT2D eigenvalue weighted by atomic mass is 16.5. The zero-order valence-electron chi connectivity index (χ0n) is 11.3. The van der Waals surface area contributed by atoms with Crippen molar-refractivity contribution in [1.29, 1.82) is 0 Å². The monoisotopic (exact) mass is 240 g/mol. The van der Waals surface area contributed by atoms with Crippen molar-refractivity contribution in [3.8, 4) is 0 Å². The van der Waals surface area contributed by atoms with Gasteiger partial charge in [0.2, 0.25) is 0 Å². The smallest absolute Gasteiger partial charge is 0.0593 e. The summed E-state index contributed by atoms with van der Waals surface area (Å²) in [6.07, 6.45) is 7.84. The molecular weight excluding hydrogens is 212 g/mol. The molecule has 0 radical (unpaired) electrons. The Morgan fingerprint density at radius 2 is 2.12 bits per heavy atom. The quantitative estimate of drug-likeness (QED) is 0.820. The van der Waals surface area contributed by atoms with Crippen molar-refractivity contribution in [3.63, 3.8) is 0 Å². The molecule has 1 aliphatic carbocycles. The van der Waals surface area contributed by atoms with Crippen molar-refractivity contribution in [3.05, 3.63) is 0 Å². The van der Waals surface area contributed by atoms with Crippen LogP contribution in [-0.2, 0) is 4.74 Å². The highest BCUT2D eigenvalue weighted by molar-refractivity contribution is 4.99. The standard InChI is InChI=1S/C14H28N2O/c1-2-13-6-3-4-7-14(13,12-15)16-8-5-10-17-11-9-16/h13H,2-12,15H2,1H3. The first kappa shape index (κ1) is 13.3. The molecule has 3 nitrogen and oxygen atoms in total. The molecule has 2 aliphatic rings. The molecule has 1 saturated heterocycles. The van der Waals surface area contributed by atoms with Crippen LogP contribution in [-0.4, -0.2) is 43.3 Å². The number of hydrogen-bond donors (Lipinski definition) is 1. The van der Waals surface area contributed by atoms with E-state index in [0.717, 1.165) is 38.6 Å². The average molecular weight is 240 g/mol. The van der Waals surface area contributed by atoms with Crippen LogP contribution in [0.15, 0.2) is 0 Å². The lowest BCUT2D eigenvalue weighted by molar-refractivity contribution is 0.00258. The summed E-state index contributed by atoms with van der Waals surface area (Å²) < 4.78 is 5.59. The Morgan fingerprint density at radius 1 is 1.24 bits per heavy atom. The lowest BCUT2D eigenvalue weighted by Gasteiger charge is -2.51. The van der Waals surface area contributed by atoms with E-state index in [4.69, 9.17) is 10.5 Å². The van der Waals surface area contributed by atoms with E-state index in [2.05, 4.69) is 11.8 Å². The predicted molar refractivity (Wildman–Crippen MR) is 71.0 cm³/mol. The van der Waals surface area contributed by atoms with Crippen molar-refractivity contribution in [1.82, 2.24) is 4.90 Å². The Balaban J connectivity index is 2.14. The third kappa shape index (κ3) is 2.67. The van der Waals surface area contributed by atoms with Gasteiger partial charge in [0, 0.05) is 31.8 Å². The summed E-state index contributed by atoms with van der Waals surface area (Å²) in [6, 6.07) is 0. The largest absolute Gasteiger partial charge is 0.380 e. The molecule has 1 aliphatic heterocycles. The Bertz CT molecular complexity index is 226. The van der Waals surface area contributed by atoms with Gasteiger partial charge in [0.25, 0.3) is 0 Å². The summed E-state index contributed by atoms with van der Waals surface area (Å²) in [7, 11) is 0. The highest BCUT2D eigenvalue weighted by Crippen LogP contribution is 2.40. The molecule has 1 saturated carbocycles. The van der Waals surface area contributed by atoms with Crippen molar-refractivity contribution >= 4 is 0 Å². The number of nitrogens with zero attached hydrogens (tertiary/aromatic N) is 1. The summed E-state index contributed by atoms with van der Waals surface area (Å²) in [5.41, 5.74) is 6.48. The van der Waals surface area contributed by atoms with Gasteiger partial charge in [-0.3, -0.25) is 4.90 Å². The summed E-state index contributed by atoms with van der Waals surface area (Å²) in [6.45, 7) is 7.22. The van der Waals surface area contributed by atoms with Gasteiger partial charge in [-0.15, -0.1) is 0 Å². The summed E-state index contributed by atoms with van der Waals surface area (Å²) in [4.78, 5) is 2.66. The van der Waals surface area contributed by atoms with E-state index in [9.17, 15) is 0 Å². The second-order valence-corrected chi connectivity index (χ2v) is 5.61. The van der Waals surface area contributed by atoms with Gasteiger partial charge < -0.3 is 10.5 Å². The first-order valence-electron chi connectivity index (χ1n) is 7.36. The fourth-order valence-electron chi connectivity index (χ4n) is 3.88. The topological polar surface area (TPSA) is 38.5 Å². The molecule has 100 valence electrons. The minimum atomic E-state index is 0.278. The molecule has 1 heterocycles. The highest BCUT2D eigenvalue weighted by Gasteiger charge is 2.43. The van der Waals surface area contributed by atoms with E-state index >= 15 is 0 Å². The van der Waals surface area contributed by atoms with Crippen LogP contribution < -0.4 is 5.73 Å². The van der Waals surface area contributed by atoms with E-state index in [0.29, 0.717) is 0 Å². The van der Waals surface area contributed by atoms with Crippen LogP contribution in [0, 0.1) is 5.92 Å². The van der Waals surface area contributed by atoms with Crippen LogP contribution in [0.1, 0.15) is 45.4 Å². The molecular formula is C14H28N2O. The molecule has 0 aromatic heterocycles. The third-order valence-corrected chi connectivity index (χ3v) is 4.87. The second kappa shape index (κ2) is 6.17. The van der Waals surface area contributed by atoms with Crippen LogP contribution in [0.3, 0.4) is 0 Å².